The summed E-state index contributed by atoms with van der Waals surface area (Å²) in [5.41, 5.74) is 0. The van der Waals surface area contributed by atoms with Crippen LogP contribution in [0.2, 0.25) is 0 Å². The molecule has 0 saturated carbocycles. The highest BCUT2D eigenvalue weighted by Gasteiger charge is 2.25. The summed E-state index contributed by atoms with van der Waals surface area (Å²) in [7, 11) is 0. The Kier molecular flexibility index (Phi) is 5.68. The smallest absolute Gasteiger partial charge is 0.355 e. The molecule has 0 atom stereocenters. The predicted octanol–water partition coefficient (Wildman–Crippen LogP) is 1.75. The van der Waals surface area contributed by atoms with E-state index in [0.29, 0.717) is 0 Å². The van der Waals surface area contributed by atoms with Crippen molar-refractivity contribution in [3.8, 4) is 6.07 Å². The summed E-state index contributed by atoms with van der Waals surface area (Å²) in [6.45, 7) is 0.191. The van der Waals surface area contributed by atoms with E-state index in [-0.39, 0.29) is 25.8 Å². The second-order valence-corrected chi connectivity index (χ2v) is 2.76. The monoisotopic (exact) mass is 208 g/mol. The van der Waals surface area contributed by atoms with E-state index in [2.05, 4.69) is 5.32 Å². The van der Waals surface area contributed by atoms with Crippen molar-refractivity contribution in [2.45, 2.75) is 31.9 Å². The van der Waals surface area contributed by atoms with Crippen molar-refractivity contribution < 1.29 is 18.0 Å². The van der Waals surface area contributed by atoms with E-state index in [4.69, 9.17) is 5.26 Å². The van der Waals surface area contributed by atoms with E-state index in [9.17, 15) is 18.0 Å². The maximum absolute atomic E-state index is 11.6. The van der Waals surface area contributed by atoms with Gasteiger partial charge < -0.3 is 5.32 Å². The number of nitriles is 1. The average Bonchev–Trinajstić information content (AvgIpc) is 2.02. The van der Waals surface area contributed by atoms with Gasteiger partial charge in [0.1, 0.15) is 6.42 Å². The summed E-state index contributed by atoms with van der Waals surface area (Å²) < 4.78 is 34.9. The molecule has 6 heteroatoms. The second kappa shape index (κ2) is 6.24. The zero-order valence-corrected chi connectivity index (χ0v) is 7.52. The molecule has 0 aromatic carbocycles. The molecule has 0 fully saturated rings. The van der Waals surface area contributed by atoms with Crippen LogP contribution in [-0.4, -0.2) is 18.6 Å². The highest BCUT2D eigenvalue weighted by Crippen LogP contribution is 2.21. The van der Waals surface area contributed by atoms with Crippen molar-refractivity contribution in [1.29, 1.82) is 5.26 Å². The first kappa shape index (κ1) is 12.8. The lowest BCUT2D eigenvalue weighted by molar-refractivity contribution is -0.135. The summed E-state index contributed by atoms with van der Waals surface area (Å²) in [4.78, 5) is 10.6. The van der Waals surface area contributed by atoms with Crippen molar-refractivity contribution in [2.75, 3.05) is 6.54 Å². The zero-order chi connectivity index (χ0) is 11.0. The van der Waals surface area contributed by atoms with Crippen LogP contribution in [0.25, 0.3) is 0 Å². The van der Waals surface area contributed by atoms with Crippen LogP contribution in [-0.2, 0) is 4.79 Å². The van der Waals surface area contributed by atoms with Crippen molar-refractivity contribution in [1.82, 2.24) is 5.32 Å². The largest absolute Gasteiger partial charge is 0.389 e. The summed E-state index contributed by atoms with van der Waals surface area (Å²) >= 11 is 0. The van der Waals surface area contributed by atoms with Crippen LogP contribution in [0, 0.1) is 11.3 Å². The fraction of sp³-hybridized carbons (Fsp3) is 0.750. The van der Waals surface area contributed by atoms with E-state index in [1.54, 1.807) is 6.07 Å². The van der Waals surface area contributed by atoms with Gasteiger partial charge in [-0.05, 0) is 12.8 Å². The minimum atomic E-state index is -4.13. The number of nitrogens with zero attached hydrogens (tertiary/aromatic N) is 1. The lowest BCUT2D eigenvalue weighted by Crippen LogP contribution is -2.23. The maximum Gasteiger partial charge on any atom is 0.389 e. The molecule has 0 aliphatic rings. The third-order valence-corrected chi connectivity index (χ3v) is 1.45. The van der Waals surface area contributed by atoms with Gasteiger partial charge in [-0.15, -0.1) is 0 Å². The predicted molar refractivity (Wildman–Crippen MR) is 43.1 cm³/mol. The molecule has 0 aromatic heterocycles. The van der Waals surface area contributed by atoms with Gasteiger partial charge in [0.25, 0.3) is 0 Å². The van der Waals surface area contributed by atoms with Crippen molar-refractivity contribution >= 4 is 5.91 Å². The molecule has 0 rings (SSSR count). The van der Waals surface area contributed by atoms with Crippen LogP contribution < -0.4 is 5.32 Å². The molecule has 14 heavy (non-hydrogen) atoms. The lowest BCUT2D eigenvalue weighted by Gasteiger charge is -2.05. The lowest BCUT2D eigenvalue weighted by atomic mass is 10.2. The molecule has 0 aliphatic heterocycles. The second-order valence-electron chi connectivity index (χ2n) is 2.76. The molecule has 0 saturated heterocycles. The topological polar surface area (TPSA) is 52.9 Å². The maximum atomic E-state index is 11.6. The number of rotatable bonds is 5. The van der Waals surface area contributed by atoms with Gasteiger partial charge in [-0.2, -0.15) is 18.4 Å². The molecule has 0 aromatic rings. The zero-order valence-electron chi connectivity index (χ0n) is 7.52. The Hall–Kier alpha value is -1.25. The minimum Gasteiger partial charge on any atom is -0.355 e. The SMILES string of the molecule is N#CCC(=O)NCCCCC(F)(F)F. The van der Waals surface area contributed by atoms with Crippen LogP contribution in [0.1, 0.15) is 25.7 Å². The third-order valence-electron chi connectivity index (χ3n) is 1.45. The Labute approximate surface area is 79.9 Å². The quantitative estimate of drug-likeness (QED) is 0.700. The molecule has 3 nitrogen and oxygen atoms in total. The van der Waals surface area contributed by atoms with Crippen LogP contribution in [0.5, 0.6) is 0 Å². The molecule has 1 amide bonds. The molecular weight excluding hydrogens is 197 g/mol. The number of carbonyl (C=O) groups is 1. The minimum absolute atomic E-state index is 0.00364. The van der Waals surface area contributed by atoms with Crippen molar-refractivity contribution in [3.63, 3.8) is 0 Å². The molecule has 80 valence electrons. The van der Waals surface area contributed by atoms with Gasteiger partial charge in [0.15, 0.2) is 0 Å². The van der Waals surface area contributed by atoms with Gasteiger partial charge in [-0.25, -0.2) is 0 Å². The molecular formula is C8H11F3N2O. The number of unbranched alkanes of at least 4 members (excludes halogenated alkanes) is 1. The summed E-state index contributed by atoms with van der Waals surface area (Å²) in [6.07, 6.45) is -4.94. The van der Waals surface area contributed by atoms with E-state index < -0.39 is 18.5 Å². The first-order chi connectivity index (χ1) is 6.45. The van der Waals surface area contributed by atoms with Gasteiger partial charge >= 0.3 is 6.18 Å². The number of hydrogen-bond acceptors (Lipinski definition) is 2. The molecule has 0 bridgehead atoms. The van der Waals surface area contributed by atoms with Crippen LogP contribution in [0.3, 0.4) is 0 Å². The van der Waals surface area contributed by atoms with E-state index in [1.807, 2.05) is 0 Å². The summed E-state index contributed by atoms with van der Waals surface area (Å²) in [5, 5.41) is 10.4. The van der Waals surface area contributed by atoms with E-state index >= 15 is 0 Å². The normalized spacial score (nSPS) is 10.7. The molecule has 0 heterocycles. The highest BCUT2D eigenvalue weighted by molar-refractivity contribution is 5.77. The number of carbonyl (C=O) groups excluding carboxylic acids is 1. The number of halogens is 3. The Morgan fingerprint density at radius 2 is 2.00 bits per heavy atom. The number of amides is 1. The average molecular weight is 208 g/mol. The molecule has 0 radical (unpaired) electrons. The number of hydrogen-bond donors (Lipinski definition) is 1. The Morgan fingerprint density at radius 3 is 2.50 bits per heavy atom. The summed E-state index contributed by atoms with van der Waals surface area (Å²) in [5.74, 6) is -0.445. The van der Waals surface area contributed by atoms with Gasteiger partial charge in [0.2, 0.25) is 5.91 Å². The first-order valence-corrected chi connectivity index (χ1v) is 4.16. The van der Waals surface area contributed by atoms with Crippen LogP contribution in [0.4, 0.5) is 13.2 Å². The Bertz CT molecular complexity index is 220. The molecule has 0 aliphatic carbocycles. The van der Waals surface area contributed by atoms with Crippen molar-refractivity contribution in [2.24, 2.45) is 0 Å². The van der Waals surface area contributed by atoms with Crippen molar-refractivity contribution in [3.05, 3.63) is 0 Å². The number of alkyl halides is 3. The first-order valence-electron chi connectivity index (χ1n) is 4.16. The summed E-state index contributed by atoms with van der Waals surface area (Å²) in [6, 6.07) is 1.64. The molecule has 1 N–H and O–H groups in total. The van der Waals surface area contributed by atoms with Crippen LogP contribution in [0.15, 0.2) is 0 Å². The molecule has 0 unspecified atom stereocenters. The fourth-order valence-electron chi connectivity index (χ4n) is 0.813. The van der Waals surface area contributed by atoms with Gasteiger partial charge in [-0.1, -0.05) is 0 Å². The Morgan fingerprint density at radius 1 is 1.36 bits per heavy atom. The van der Waals surface area contributed by atoms with E-state index in [0.717, 1.165) is 0 Å². The van der Waals surface area contributed by atoms with Gasteiger partial charge in [0.05, 0.1) is 6.07 Å². The van der Waals surface area contributed by atoms with Gasteiger partial charge in [-0.3, -0.25) is 4.79 Å². The Balaban J connectivity index is 3.31. The third kappa shape index (κ3) is 8.84. The van der Waals surface area contributed by atoms with Gasteiger partial charge in [0, 0.05) is 13.0 Å². The van der Waals surface area contributed by atoms with E-state index in [1.165, 1.54) is 0 Å². The number of nitrogens with one attached hydrogen (secondary N) is 1. The van der Waals surface area contributed by atoms with Crippen LogP contribution >= 0.6 is 0 Å². The standard InChI is InChI=1S/C8H11F3N2O/c9-8(10,11)4-1-2-6-13-7(14)3-5-12/h1-4,6H2,(H,13,14). The molecule has 0 spiro atoms. The fourth-order valence-corrected chi connectivity index (χ4v) is 0.813. The highest BCUT2D eigenvalue weighted by atomic mass is 19.4.